The fourth-order valence-electron chi connectivity index (χ4n) is 7.69. The third-order valence-electron chi connectivity index (χ3n) is 12.3. The van der Waals surface area contributed by atoms with Gasteiger partial charge in [0.1, 0.15) is 12.1 Å². The first-order chi connectivity index (χ1) is 41.0. The highest BCUT2D eigenvalue weighted by Crippen LogP contribution is 2.26. The van der Waals surface area contributed by atoms with Crippen molar-refractivity contribution in [3.8, 4) is 11.8 Å². The average molecular weight is 1180 g/mol. The average Bonchev–Trinajstić information content (AvgIpc) is 3.09. The second kappa shape index (κ2) is 45.4. The maximum absolute atomic E-state index is 13.3. The smallest absolute Gasteiger partial charge is 0.246 e. The van der Waals surface area contributed by atoms with Crippen LogP contribution in [0.2, 0.25) is 0 Å². The van der Waals surface area contributed by atoms with Crippen molar-refractivity contribution in [2.75, 3.05) is 175 Å². The first-order valence-corrected chi connectivity index (χ1v) is 28.8. The summed E-state index contributed by atoms with van der Waals surface area (Å²) in [5.41, 5.74) is 4.62. The molecule has 0 aliphatic carbocycles. The highest BCUT2D eigenvalue weighted by molar-refractivity contribution is 5.98. The third kappa shape index (κ3) is 31.8. The minimum absolute atomic E-state index is 0.0551. The van der Waals surface area contributed by atoms with E-state index in [4.69, 9.17) is 56.8 Å². The van der Waals surface area contributed by atoms with Crippen LogP contribution in [-0.2, 0) is 94.0 Å². The summed E-state index contributed by atoms with van der Waals surface area (Å²) in [6, 6.07) is 20.4. The van der Waals surface area contributed by atoms with Gasteiger partial charge in [-0.3, -0.25) is 24.0 Å². The van der Waals surface area contributed by atoms with Gasteiger partial charge in [-0.15, -0.1) is 0 Å². The lowest BCUT2D eigenvalue weighted by Crippen LogP contribution is -2.53. The van der Waals surface area contributed by atoms with Crippen LogP contribution in [-0.4, -0.2) is 212 Å². The van der Waals surface area contributed by atoms with Crippen molar-refractivity contribution >= 4 is 40.9 Å². The maximum atomic E-state index is 13.3. The molecule has 23 nitrogen and oxygen atoms in total. The number of carbonyl (C=O) groups is 5. The van der Waals surface area contributed by atoms with E-state index in [0.717, 1.165) is 22.4 Å². The Bertz CT molecular complexity index is 2370. The zero-order valence-electron chi connectivity index (χ0n) is 49.2. The Kier molecular flexibility index (Phi) is 38.1. The Labute approximate surface area is 494 Å². The number of rotatable bonds is 49. The van der Waals surface area contributed by atoms with Gasteiger partial charge in [-0.1, -0.05) is 68.2 Å². The molecule has 1 aliphatic rings. The molecule has 3 aromatic rings. The summed E-state index contributed by atoms with van der Waals surface area (Å²) in [7, 11) is 0. The maximum Gasteiger partial charge on any atom is 0.246 e. The Morgan fingerprint density at radius 1 is 0.476 bits per heavy atom. The predicted octanol–water partition coefficient (Wildman–Crippen LogP) is 3.20. The normalized spacial score (nSPS) is 12.5. The van der Waals surface area contributed by atoms with Crippen LogP contribution in [0.1, 0.15) is 62.3 Å². The number of ether oxygens (including phenoxy) is 12. The van der Waals surface area contributed by atoms with Crippen molar-refractivity contribution < 1.29 is 85.9 Å². The lowest BCUT2D eigenvalue weighted by Gasteiger charge is -2.26. The Hall–Kier alpha value is -5.95. The molecule has 2 atom stereocenters. The van der Waals surface area contributed by atoms with Crippen LogP contribution in [0, 0.1) is 17.8 Å². The number of para-hydroxylation sites is 1. The SMILES string of the molecule is CC(C)[C@@H](NC(=O)CCOCCOCCOCCOCCOCCOCCOCCOCCOCCOCCOCCOCCNC(=O)CCC(=O)N1Cc2ccccc2C#Cc2ccccc21)C(=O)N[C@H](C)C(=O)Nc1ccc(CO)cc1. The third-order valence-corrected chi connectivity index (χ3v) is 12.3. The first kappa shape index (κ1) is 70.5. The molecule has 23 heteroatoms. The van der Waals surface area contributed by atoms with Gasteiger partial charge < -0.3 is 88.1 Å². The van der Waals surface area contributed by atoms with Crippen LogP contribution in [0.5, 0.6) is 0 Å². The number of benzene rings is 3. The summed E-state index contributed by atoms with van der Waals surface area (Å²) in [5.74, 6) is 4.60. The molecule has 4 rings (SSSR count). The fraction of sp³-hybridized carbons (Fsp3) is 0.590. The van der Waals surface area contributed by atoms with Gasteiger partial charge in [-0.05, 0) is 54.3 Å². The molecule has 5 amide bonds. The monoisotopic (exact) mass is 1180 g/mol. The van der Waals surface area contributed by atoms with E-state index in [2.05, 4.69) is 33.1 Å². The first-order valence-electron chi connectivity index (χ1n) is 28.8. The van der Waals surface area contributed by atoms with Gasteiger partial charge in [0, 0.05) is 42.6 Å². The van der Waals surface area contributed by atoms with E-state index < -0.39 is 23.9 Å². The minimum atomic E-state index is -0.849. The van der Waals surface area contributed by atoms with Crippen molar-refractivity contribution in [3.63, 3.8) is 0 Å². The minimum Gasteiger partial charge on any atom is -0.392 e. The molecule has 0 fully saturated rings. The van der Waals surface area contributed by atoms with Crippen LogP contribution in [0.4, 0.5) is 11.4 Å². The molecule has 0 aromatic heterocycles. The van der Waals surface area contributed by atoms with Gasteiger partial charge in [-0.2, -0.15) is 0 Å². The molecule has 466 valence electrons. The van der Waals surface area contributed by atoms with Gasteiger partial charge in [0.05, 0.1) is 177 Å². The van der Waals surface area contributed by atoms with Crippen LogP contribution >= 0.6 is 0 Å². The number of hydrogen-bond donors (Lipinski definition) is 5. The number of nitrogens with one attached hydrogen (secondary N) is 4. The van der Waals surface area contributed by atoms with Crippen molar-refractivity contribution in [1.29, 1.82) is 0 Å². The molecule has 84 heavy (non-hydrogen) atoms. The molecule has 0 spiro atoms. The Balaban J connectivity index is 0.792. The van der Waals surface area contributed by atoms with E-state index in [1.807, 2.05) is 48.5 Å². The number of fused-ring (bicyclic) bond motifs is 2. The van der Waals surface area contributed by atoms with E-state index in [1.54, 1.807) is 49.9 Å². The molecule has 0 saturated heterocycles. The van der Waals surface area contributed by atoms with Crippen molar-refractivity contribution in [2.24, 2.45) is 5.92 Å². The number of nitrogens with zero attached hydrogens (tertiary/aromatic N) is 1. The summed E-state index contributed by atoms with van der Waals surface area (Å²) in [6.45, 7) is 15.5. The summed E-state index contributed by atoms with van der Waals surface area (Å²) in [6.07, 6.45) is 0.205. The lowest BCUT2D eigenvalue weighted by atomic mass is 10.0. The van der Waals surface area contributed by atoms with Crippen LogP contribution in [0.15, 0.2) is 72.8 Å². The molecular weight excluding hydrogens is 1090 g/mol. The lowest BCUT2D eigenvalue weighted by molar-refractivity contribution is -0.132. The van der Waals surface area contributed by atoms with Crippen molar-refractivity contribution in [2.45, 2.75) is 65.3 Å². The van der Waals surface area contributed by atoms with Gasteiger partial charge in [0.25, 0.3) is 0 Å². The predicted molar refractivity (Wildman–Crippen MR) is 312 cm³/mol. The van der Waals surface area contributed by atoms with Gasteiger partial charge >= 0.3 is 0 Å². The molecule has 0 unspecified atom stereocenters. The van der Waals surface area contributed by atoms with Gasteiger partial charge in [0.2, 0.25) is 29.5 Å². The number of aliphatic hydroxyl groups excluding tert-OH is 1. The molecule has 5 N–H and O–H groups in total. The second-order valence-corrected chi connectivity index (χ2v) is 19.2. The summed E-state index contributed by atoms with van der Waals surface area (Å²) < 4.78 is 66.3. The molecule has 0 radical (unpaired) electrons. The largest absolute Gasteiger partial charge is 0.392 e. The van der Waals surface area contributed by atoms with Crippen LogP contribution in [0.3, 0.4) is 0 Å². The van der Waals surface area contributed by atoms with Crippen LogP contribution in [0.25, 0.3) is 0 Å². The van der Waals surface area contributed by atoms with E-state index in [9.17, 15) is 29.1 Å². The van der Waals surface area contributed by atoms with Gasteiger partial charge in [-0.25, -0.2) is 0 Å². The quantitative estimate of drug-likeness (QED) is 0.0401. The van der Waals surface area contributed by atoms with Crippen LogP contribution < -0.4 is 26.2 Å². The number of amides is 5. The topological polar surface area (TPSA) is 268 Å². The fourth-order valence-corrected chi connectivity index (χ4v) is 7.69. The van der Waals surface area contributed by atoms with Gasteiger partial charge in [0.15, 0.2) is 0 Å². The number of anilines is 2. The zero-order valence-corrected chi connectivity index (χ0v) is 49.2. The second-order valence-electron chi connectivity index (χ2n) is 19.2. The molecule has 1 heterocycles. The summed E-state index contributed by atoms with van der Waals surface area (Å²) in [4.78, 5) is 65.6. The zero-order chi connectivity index (χ0) is 60.1. The standard InChI is InChI=1S/C61H89N5O18/c1-48(2)59(61(72)63-49(3)60(71)64-54-16-12-50(47-67)13-17-54)65-57(69)20-22-73-24-26-75-28-30-77-32-34-79-36-38-81-40-42-83-44-45-84-43-41-82-39-37-80-35-33-78-31-29-76-27-25-74-23-21-62-56(68)18-19-58(70)66-46-53-10-5-4-8-51(53)14-15-52-9-6-7-11-55(52)66/h4-13,16-17,48-49,59,67H,18-47H2,1-3H3,(H,62,68)(H,63,72)(H,64,71)(H,65,69)/t49-,59-/m1/s1. The van der Waals surface area contributed by atoms with E-state index in [-0.39, 0.29) is 56.1 Å². The Morgan fingerprint density at radius 3 is 1.38 bits per heavy atom. The Morgan fingerprint density at radius 2 is 0.905 bits per heavy atom. The van der Waals surface area contributed by atoms with E-state index in [1.165, 1.54) is 0 Å². The highest BCUT2D eigenvalue weighted by Gasteiger charge is 2.27. The molecule has 3 aromatic carbocycles. The highest BCUT2D eigenvalue weighted by atomic mass is 16.6. The number of aliphatic hydroxyl groups is 1. The number of hydrogen-bond acceptors (Lipinski definition) is 18. The molecule has 1 aliphatic heterocycles. The molecular formula is C61H89N5O18. The number of carbonyl (C=O) groups excluding carboxylic acids is 5. The molecule has 0 saturated carbocycles. The van der Waals surface area contributed by atoms with Crippen molar-refractivity contribution in [1.82, 2.24) is 16.0 Å². The summed E-state index contributed by atoms with van der Waals surface area (Å²) in [5, 5.41) is 20.1. The van der Waals surface area contributed by atoms with E-state index in [0.29, 0.717) is 176 Å². The van der Waals surface area contributed by atoms with E-state index >= 15 is 0 Å². The summed E-state index contributed by atoms with van der Waals surface area (Å²) >= 11 is 0. The van der Waals surface area contributed by atoms with Crippen molar-refractivity contribution in [3.05, 3.63) is 95.1 Å². The molecule has 0 bridgehead atoms.